The number of thiazole rings is 1. The van der Waals surface area contributed by atoms with Gasteiger partial charge in [0.05, 0.1) is 13.0 Å². The van der Waals surface area contributed by atoms with E-state index in [0.29, 0.717) is 10.6 Å². The Kier molecular flexibility index (Phi) is 6.60. The highest BCUT2D eigenvalue weighted by molar-refractivity contribution is 7.09. The first-order chi connectivity index (χ1) is 11.9. The molecule has 2 aromatic rings. The van der Waals surface area contributed by atoms with E-state index in [4.69, 9.17) is 0 Å². The van der Waals surface area contributed by atoms with Gasteiger partial charge in [-0.3, -0.25) is 25.3 Å². The van der Waals surface area contributed by atoms with Gasteiger partial charge in [-0.15, -0.1) is 11.3 Å². The number of amides is 2. The van der Waals surface area contributed by atoms with Crippen LogP contribution in [0.5, 0.6) is 0 Å². The average Bonchev–Trinajstić information content (AvgIpc) is 2.97. The molecule has 2 rings (SSSR count). The molecule has 1 unspecified atom stereocenters. The van der Waals surface area contributed by atoms with Gasteiger partial charge >= 0.3 is 0 Å². The zero-order valence-electron chi connectivity index (χ0n) is 14.4. The zero-order valence-corrected chi connectivity index (χ0v) is 15.2. The Morgan fingerprint density at radius 1 is 1.28 bits per heavy atom. The van der Waals surface area contributed by atoms with Crippen LogP contribution in [-0.2, 0) is 16.0 Å². The maximum atomic E-state index is 13.8. The smallest absolute Gasteiger partial charge is 0.252 e. The van der Waals surface area contributed by atoms with Crippen LogP contribution < -0.4 is 10.9 Å². The average molecular weight is 364 g/mol. The minimum atomic E-state index is -0.380. The van der Waals surface area contributed by atoms with Crippen LogP contribution in [-0.4, -0.2) is 35.3 Å². The first-order valence-electron chi connectivity index (χ1n) is 7.80. The lowest BCUT2D eigenvalue weighted by Gasteiger charge is -2.24. The van der Waals surface area contributed by atoms with E-state index in [-0.39, 0.29) is 36.6 Å². The van der Waals surface area contributed by atoms with Crippen LogP contribution in [0.3, 0.4) is 0 Å². The minimum Gasteiger partial charge on any atom is -0.291 e. The van der Waals surface area contributed by atoms with Gasteiger partial charge in [-0.25, -0.2) is 9.37 Å². The second-order valence-electron chi connectivity index (χ2n) is 5.77. The Labute approximate surface area is 150 Å². The van der Waals surface area contributed by atoms with Gasteiger partial charge in [0.25, 0.3) is 5.91 Å². The molecule has 0 fully saturated rings. The Bertz CT molecular complexity index is 750. The molecule has 2 N–H and O–H groups in total. The highest BCUT2D eigenvalue weighted by Crippen LogP contribution is 2.20. The summed E-state index contributed by atoms with van der Waals surface area (Å²) in [6.45, 7) is 3.69. The molecule has 0 radical (unpaired) electrons. The molecule has 0 bridgehead atoms. The van der Waals surface area contributed by atoms with Crippen molar-refractivity contribution in [2.45, 2.75) is 26.3 Å². The molecule has 2 amide bonds. The number of carbonyl (C=O) groups excluding carboxylic acids is 2. The Morgan fingerprint density at radius 3 is 2.60 bits per heavy atom. The van der Waals surface area contributed by atoms with Gasteiger partial charge in [0.1, 0.15) is 10.8 Å². The quantitative estimate of drug-likeness (QED) is 0.769. The highest BCUT2D eigenvalue weighted by atomic mass is 32.1. The number of hydrogen-bond donors (Lipinski definition) is 2. The number of carbonyl (C=O) groups is 2. The van der Waals surface area contributed by atoms with Crippen molar-refractivity contribution in [3.05, 3.63) is 51.7 Å². The zero-order chi connectivity index (χ0) is 18.4. The summed E-state index contributed by atoms with van der Waals surface area (Å²) in [6.07, 6.45) is 0.111. The summed E-state index contributed by atoms with van der Waals surface area (Å²) < 4.78 is 13.8. The Morgan fingerprint density at radius 2 is 1.96 bits per heavy atom. The number of likely N-dealkylation sites (N-methyl/N-ethyl adjacent to an activating group) is 1. The molecule has 0 saturated heterocycles. The Hall–Kier alpha value is -2.32. The van der Waals surface area contributed by atoms with Crippen molar-refractivity contribution in [2.24, 2.45) is 0 Å². The molecule has 6 nitrogen and oxygen atoms in total. The fourth-order valence-corrected chi connectivity index (χ4v) is 3.03. The van der Waals surface area contributed by atoms with Gasteiger partial charge in [0, 0.05) is 22.7 Å². The van der Waals surface area contributed by atoms with Crippen LogP contribution in [0.15, 0.2) is 29.6 Å². The fraction of sp³-hybridized carbons (Fsp3) is 0.353. The lowest BCUT2D eigenvalue weighted by atomic mass is 10.1. The number of benzene rings is 1. The van der Waals surface area contributed by atoms with E-state index in [1.165, 1.54) is 17.4 Å². The molecule has 0 aliphatic rings. The van der Waals surface area contributed by atoms with Crippen LogP contribution in [0.25, 0.3) is 0 Å². The molecule has 1 heterocycles. The number of aryl methyl sites for hydroxylation is 1. The lowest BCUT2D eigenvalue weighted by molar-refractivity contribution is -0.129. The van der Waals surface area contributed by atoms with Gasteiger partial charge in [-0.05, 0) is 27.0 Å². The summed E-state index contributed by atoms with van der Waals surface area (Å²) in [7, 11) is 1.72. The van der Waals surface area contributed by atoms with E-state index in [1.54, 1.807) is 30.1 Å². The van der Waals surface area contributed by atoms with Crippen LogP contribution >= 0.6 is 11.3 Å². The number of hydrogen-bond acceptors (Lipinski definition) is 5. The molecule has 0 saturated carbocycles. The van der Waals surface area contributed by atoms with Crippen molar-refractivity contribution >= 4 is 23.2 Å². The molecular weight excluding hydrogens is 343 g/mol. The molecule has 1 atom stereocenters. The number of rotatable bonds is 6. The van der Waals surface area contributed by atoms with E-state index in [0.717, 1.165) is 5.69 Å². The first kappa shape index (κ1) is 19.0. The maximum absolute atomic E-state index is 13.8. The van der Waals surface area contributed by atoms with E-state index in [9.17, 15) is 14.0 Å². The molecular formula is C17H21FN4O2S. The van der Waals surface area contributed by atoms with Gasteiger partial charge in [0.2, 0.25) is 5.91 Å². The maximum Gasteiger partial charge on any atom is 0.252 e. The van der Waals surface area contributed by atoms with Gasteiger partial charge in [-0.1, -0.05) is 18.2 Å². The van der Waals surface area contributed by atoms with E-state index >= 15 is 0 Å². The third kappa shape index (κ3) is 5.61. The summed E-state index contributed by atoms with van der Waals surface area (Å²) in [4.78, 5) is 29.6. The summed E-state index contributed by atoms with van der Waals surface area (Å²) in [5.41, 5.74) is 6.10. The number of hydrazine groups is 1. The molecule has 0 aliphatic carbocycles. The minimum absolute atomic E-state index is 0.0200. The normalized spacial score (nSPS) is 12.0. The van der Waals surface area contributed by atoms with Crippen molar-refractivity contribution in [3.63, 3.8) is 0 Å². The monoisotopic (exact) mass is 364 g/mol. The molecule has 8 heteroatoms. The third-order valence-corrected chi connectivity index (χ3v) is 4.70. The second-order valence-corrected chi connectivity index (χ2v) is 6.71. The number of halogens is 1. The standard InChI is InChI=1S/C17H21FN4O2S/c1-11-10-25-17(19-11)8-15(23)20-21-16(24)9-22(3)12(2)13-6-4-5-7-14(13)18/h4-7,10,12H,8-9H2,1-3H3,(H,20,23)(H,21,24). The van der Waals surface area contributed by atoms with Gasteiger partial charge in [-0.2, -0.15) is 0 Å². The van der Waals surface area contributed by atoms with Gasteiger partial charge in [0.15, 0.2) is 0 Å². The summed E-state index contributed by atoms with van der Waals surface area (Å²) in [5.74, 6) is -1.03. The van der Waals surface area contributed by atoms with Crippen molar-refractivity contribution in [1.29, 1.82) is 0 Å². The highest BCUT2D eigenvalue weighted by Gasteiger charge is 2.18. The molecule has 0 spiro atoms. The first-order valence-corrected chi connectivity index (χ1v) is 8.68. The SMILES string of the molecule is Cc1csc(CC(=O)NNC(=O)CN(C)C(C)c2ccccc2F)n1. The molecule has 1 aromatic carbocycles. The molecule has 25 heavy (non-hydrogen) atoms. The van der Waals surface area contributed by atoms with E-state index < -0.39 is 0 Å². The second kappa shape index (κ2) is 8.68. The van der Waals surface area contributed by atoms with E-state index in [2.05, 4.69) is 15.8 Å². The van der Waals surface area contributed by atoms with Crippen molar-refractivity contribution in [3.8, 4) is 0 Å². The van der Waals surface area contributed by atoms with Crippen LogP contribution in [0.2, 0.25) is 0 Å². The van der Waals surface area contributed by atoms with Crippen molar-refractivity contribution in [1.82, 2.24) is 20.7 Å². The van der Waals surface area contributed by atoms with Crippen LogP contribution in [0.4, 0.5) is 4.39 Å². The van der Waals surface area contributed by atoms with Crippen LogP contribution in [0, 0.1) is 12.7 Å². The van der Waals surface area contributed by atoms with Crippen molar-refractivity contribution in [2.75, 3.05) is 13.6 Å². The fourth-order valence-electron chi connectivity index (χ4n) is 2.26. The number of nitrogens with zero attached hydrogens (tertiary/aromatic N) is 2. The largest absolute Gasteiger partial charge is 0.291 e. The Balaban J connectivity index is 1.79. The summed E-state index contributed by atoms with van der Waals surface area (Å²) in [6, 6.07) is 6.18. The summed E-state index contributed by atoms with van der Waals surface area (Å²) >= 11 is 1.40. The lowest BCUT2D eigenvalue weighted by Crippen LogP contribution is -2.46. The summed E-state index contributed by atoms with van der Waals surface area (Å²) in [5, 5.41) is 2.55. The van der Waals surface area contributed by atoms with Crippen LogP contribution in [0.1, 0.15) is 29.2 Å². The molecule has 0 aliphatic heterocycles. The number of aromatic nitrogens is 1. The predicted octanol–water partition coefficient (Wildman–Crippen LogP) is 1.97. The van der Waals surface area contributed by atoms with E-state index in [1.807, 2.05) is 19.2 Å². The number of nitrogens with one attached hydrogen (secondary N) is 2. The third-order valence-electron chi connectivity index (χ3n) is 3.73. The predicted molar refractivity (Wildman–Crippen MR) is 94.3 cm³/mol. The van der Waals surface area contributed by atoms with Crippen molar-refractivity contribution < 1.29 is 14.0 Å². The topological polar surface area (TPSA) is 74.3 Å². The molecule has 1 aromatic heterocycles. The van der Waals surface area contributed by atoms with Gasteiger partial charge < -0.3 is 0 Å². The molecule has 134 valence electrons.